The maximum atomic E-state index is 4.96. The number of hydrogen-bond acceptors (Lipinski definition) is 9. The second-order valence-corrected chi connectivity index (χ2v) is 9.87. The Balaban J connectivity index is 0.00000267. The molecule has 8 bridgehead atoms. The molecule has 0 fully saturated rings. The molecule has 0 N–H and O–H groups in total. The molecule has 0 saturated heterocycles. The number of likely N-dealkylation sites (N-methyl/N-ethyl adjacent to an activating group) is 1. The zero-order valence-corrected chi connectivity index (χ0v) is 22.8. The summed E-state index contributed by atoms with van der Waals surface area (Å²) in [5.41, 5.74) is 5.69. The normalized spacial score (nSPS) is 13.8. The van der Waals surface area contributed by atoms with Gasteiger partial charge in [-0.25, -0.2) is 9.97 Å². The molecule has 11 nitrogen and oxygen atoms in total. The molecule has 3 aliphatic rings. The summed E-state index contributed by atoms with van der Waals surface area (Å²) in [7, 11) is 2.01. The van der Waals surface area contributed by atoms with Gasteiger partial charge >= 0.3 is 17.1 Å². The van der Waals surface area contributed by atoms with Crippen LogP contribution < -0.4 is 9.97 Å². The van der Waals surface area contributed by atoms with Crippen molar-refractivity contribution in [1.82, 2.24) is 54.7 Å². The summed E-state index contributed by atoms with van der Waals surface area (Å²) in [5.74, 6) is 1.93. The molecule has 12 heteroatoms. The van der Waals surface area contributed by atoms with Crippen LogP contribution in [0.1, 0.15) is 11.6 Å². The van der Waals surface area contributed by atoms with Crippen LogP contribution in [-0.4, -0.2) is 58.4 Å². The quantitative estimate of drug-likeness (QED) is 0.236. The van der Waals surface area contributed by atoms with Gasteiger partial charge in [0.05, 0.1) is 22.9 Å². The van der Waals surface area contributed by atoms with Crippen molar-refractivity contribution in [3.05, 3.63) is 84.7 Å². The van der Waals surface area contributed by atoms with E-state index in [9.17, 15) is 0 Å². The van der Waals surface area contributed by atoms with Gasteiger partial charge in [0.15, 0.2) is 0 Å². The predicted molar refractivity (Wildman–Crippen MR) is 154 cm³/mol. The monoisotopic (exact) mass is 594 g/mol. The molecule has 0 saturated carbocycles. The molecule has 0 unspecified atom stereocenters. The van der Waals surface area contributed by atoms with Crippen LogP contribution in [0.15, 0.2) is 73.1 Å². The van der Waals surface area contributed by atoms with Crippen LogP contribution in [0.4, 0.5) is 0 Å². The first kappa shape index (κ1) is 24.5. The van der Waals surface area contributed by atoms with Gasteiger partial charge in [-0.1, -0.05) is 42.5 Å². The Morgan fingerprint density at radius 3 is 2.14 bits per heavy atom. The Morgan fingerprint density at radius 2 is 1.29 bits per heavy atom. The van der Waals surface area contributed by atoms with E-state index in [-0.39, 0.29) is 17.1 Å². The number of rotatable bonds is 0. The van der Waals surface area contributed by atoms with Gasteiger partial charge in [-0.3, -0.25) is 9.97 Å². The van der Waals surface area contributed by atoms with Crippen molar-refractivity contribution in [2.45, 2.75) is 0 Å². The topological polar surface area (TPSA) is 135 Å². The third kappa shape index (κ3) is 3.52. The van der Waals surface area contributed by atoms with Gasteiger partial charge < -0.3 is 34.8 Å². The smallest absolute Gasteiger partial charge is 0.368 e. The summed E-state index contributed by atoms with van der Waals surface area (Å²) >= 11 is 0. The molecule has 0 spiro atoms. The summed E-state index contributed by atoms with van der Waals surface area (Å²) in [4.78, 5) is 50.3. The second-order valence-electron chi connectivity index (χ2n) is 9.87. The van der Waals surface area contributed by atoms with Crippen LogP contribution in [-0.2, 0) is 17.1 Å². The van der Waals surface area contributed by atoms with E-state index in [1.54, 1.807) is 12.4 Å². The Labute approximate surface area is 248 Å². The van der Waals surface area contributed by atoms with Crippen molar-refractivity contribution in [2.75, 3.05) is 13.6 Å². The molecule has 0 amide bonds. The third-order valence-corrected chi connectivity index (χ3v) is 7.38. The minimum absolute atomic E-state index is 0. The van der Waals surface area contributed by atoms with E-state index >= 15 is 0 Å². The van der Waals surface area contributed by atoms with Crippen molar-refractivity contribution in [3.63, 3.8) is 0 Å². The molecule has 8 heterocycles. The maximum absolute atomic E-state index is 4.96. The first-order valence-electron chi connectivity index (χ1n) is 13.0. The van der Waals surface area contributed by atoms with Gasteiger partial charge in [0.25, 0.3) is 0 Å². The number of fused-ring (bicyclic) bond motifs is 19. The van der Waals surface area contributed by atoms with Gasteiger partial charge in [-0.05, 0) is 29.0 Å². The Bertz CT molecular complexity index is 2330. The Hall–Kier alpha value is -5.32. The first-order chi connectivity index (χ1) is 20.2. The minimum Gasteiger partial charge on any atom is -0.368 e. The standard InChI is InChI=1S/C30H17N11.Cu/c1-41-14-6-11-19-22(41)30-39-27(19)34-23-15-7-2-3-8-16(15)24(33-23)36-28-20-17(9-4-12-31-20)25(37-28)35-26-18-10-5-13-32-21(18)29(38-26)40-30;/h2-13H,14H2,1H3;/q-2;+2. The van der Waals surface area contributed by atoms with E-state index in [1.807, 2.05) is 61.7 Å². The average Bonchev–Trinajstić information content (AvgIpc) is 3.73. The van der Waals surface area contributed by atoms with E-state index in [0.717, 1.165) is 39.5 Å². The van der Waals surface area contributed by atoms with Crippen molar-refractivity contribution in [2.24, 2.45) is 0 Å². The van der Waals surface area contributed by atoms with Crippen LogP contribution in [0.2, 0.25) is 0 Å². The molecule has 203 valence electrons. The maximum Gasteiger partial charge on any atom is 2.00 e. The Morgan fingerprint density at radius 1 is 0.643 bits per heavy atom. The SMILES string of the molecule is CN1CC=CC2=C1c1nc2nc2[n-]c(nc3nc(nc4[n-]c(n1)c1ncccc41)-c1cccnc1-3)c1ccccc21.[Cu+2]. The summed E-state index contributed by atoms with van der Waals surface area (Å²) in [6, 6.07) is 15.5. The van der Waals surface area contributed by atoms with Crippen molar-refractivity contribution in [1.29, 1.82) is 0 Å². The second kappa shape index (κ2) is 9.10. The number of aromatic nitrogens is 10. The van der Waals surface area contributed by atoms with Crippen LogP contribution in [0.25, 0.3) is 78.4 Å². The first-order valence-corrected chi connectivity index (χ1v) is 13.0. The summed E-state index contributed by atoms with van der Waals surface area (Å²) in [5, 5.41) is 2.49. The number of benzene rings is 1. The molecule has 6 aromatic rings. The molecule has 0 aliphatic carbocycles. The summed E-state index contributed by atoms with van der Waals surface area (Å²) in [6.45, 7) is 0.723. The molecule has 42 heavy (non-hydrogen) atoms. The van der Waals surface area contributed by atoms with Gasteiger partial charge in [-0.15, -0.1) is 0 Å². The van der Waals surface area contributed by atoms with Crippen LogP contribution in [0.5, 0.6) is 0 Å². The zero-order valence-electron chi connectivity index (χ0n) is 21.9. The predicted octanol–water partition coefficient (Wildman–Crippen LogP) is 3.95. The molecule has 9 rings (SSSR count). The van der Waals surface area contributed by atoms with Crippen LogP contribution in [0, 0.1) is 0 Å². The third-order valence-electron chi connectivity index (χ3n) is 7.38. The summed E-state index contributed by atoms with van der Waals surface area (Å²) in [6.07, 6.45) is 7.56. The van der Waals surface area contributed by atoms with E-state index in [0.29, 0.717) is 57.1 Å². The molecule has 1 aromatic carbocycles. The van der Waals surface area contributed by atoms with Gasteiger partial charge in [0.2, 0.25) is 0 Å². The number of pyridine rings is 2. The molecule has 3 aliphatic heterocycles. The number of allylic oxidation sites excluding steroid dienone is 2. The minimum atomic E-state index is 0. The molecular weight excluding hydrogens is 578 g/mol. The molecule has 1 radical (unpaired) electrons. The van der Waals surface area contributed by atoms with Crippen LogP contribution >= 0.6 is 0 Å². The zero-order chi connectivity index (χ0) is 27.1. The fourth-order valence-corrected chi connectivity index (χ4v) is 5.50. The fourth-order valence-electron chi connectivity index (χ4n) is 5.50. The van der Waals surface area contributed by atoms with Gasteiger partial charge in [0.1, 0.15) is 17.3 Å². The molecular formula is C30H17CuN11. The van der Waals surface area contributed by atoms with Crippen molar-refractivity contribution < 1.29 is 17.1 Å². The van der Waals surface area contributed by atoms with E-state index in [4.69, 9.17) is 39.9 Å². The average molecular weight is 595 g/mol. The fraction of sp³-hybridized carbons (Fsp3) is 0.0667. The van der Waals surface area contributed by atoms with Gasteiger partial charge in [-0.2, -0.15) is 0 Å². The number of hydrogen-bond donors (Lipinski definition) is 0. The summed E-state index contributed by atoms with van der Waals surface area (Å²) < 4.78 is 0. The largest absolute Gasteiger partial charge is 2.00 e. The van der Waals surface area contributed by atoms with E-state index < -0.39 is 0 Å². The molecule has 0 atom stereocenters. The molecule has 5 aromatic heterocycles. The van der Waals surface area contributed by atoms with Crippen molar-refractivity contribution in [3.8, 4) is 22.9 Å². The Kier molecular flexibility index (Phi) is 5.30. The van der Waals surface area contributed by atoms with Gasteiger partial charge in [0, 0.05) is 65.1 Å². The van der Waals surface area contributed by atoms with E-state index in [1.165, 1.54) is 0 Å². The van der Waals surface area contributed by atoms with E-state index in [2.05, 4.69) is 20.9 Å². The van der Waals surface area contributed by atoms with Crippen molar-refractivity contribution >= 4 is 55.5 Å². The van der Waals surface area contributed by atoms with Crippen LogP contribution in [0.3, 0.4) is 0 Å². The number of nitrogens with zero attached hydrogens (tertiary/aromatic N) is 11.